The first-order valence-electron chi connectivity index (χ1n) is 7.74. The molecule has 0 N–H and O–H groups in total. The van der Waals surface area contributed by atoms with Crippen molar-refractivity contribution in [2.75, 3.05) is 7.11 Å². The monoisotopic (exact) mass is 408 g/mol. The second-order valence-electron chi connectivity index (χ2n) is 7.35. The van der Waals surface area contributed by atoms with E-state index in [1.807, 2.05) is 24.3 Å². The van der Waals surface area contributed by atoms with E-state index >= 15 is 2.89 Å². The normalized spacial score (nSPS) is 46.1. The Labute approximate surface area is 131 Å². The van der Waals surface area contributed by atoms with Gasteiger partial charge in [-0.3, -0.25) is 0 Å². The number of hydrogen-bond acceptors (Lipinski definition) is 2. The minimum absolute atomic E-state index is 0.105. The van der Waals surface area contributed by atoms with Crippen LogP contribution >= 0.6 is 0 Å². The van der Waals surface area contributed by atoms with E-state index in [2.05, 4.69) is 13.8 Å². The quantitative estimate of drug-likeness (QED) is 0.701. The molecule has 1 aromatic rings. The van der Waals surface area contributed by atoms with Crippen molar-refractivity contribution >= 4 is 22.8 Å². The first-order valence-corrected chi connectivity index (χ1v) is 12.4. The summed E-state index contributed by atoms with van der Waals surface area (Å²) in [4.78, 5) is 0. The standard InChI is InChI=1S/C17H23FO2Te/c1-16(2)12-8-9-17(16)11-21(18,20-15(17)10-12)14-6-4-13(19-3)5-7-14/h4-7,12,15H,8-11H2,1-3H3. The zero-order chi connectivity index (χ0) is 14.9. The van der Waals surface area contributed by atoms with Crippen LogP contribution in [-0.2, 0) is 3.10 Å². The van der Waals surface area contributed by atoms with Gasteiger partial charge in [-0.25, -0.2) is 0 Å². The molecular weight excluding hydrogens is 383 g/mol. The van der Waals surface area contributed by atoms with Crippen LogP contribution in [0, 0.1) is 16.7 Å². The molecule has 0 aromatic heterocycles. The van der Waals surface area contributed by atoms with Gasteiger partial charge in [-0.15, -0.1) is 0 Å². The SMILES string of the molecule is COc1ccc([Te]2(F)CC34CCC(CC3O2)C4(C)C)cc1. The van der Waals surface area contributed by atoms with Crippen molar-refractivity contribution < 1.29 is 10.7 Å². The van der Waals surface area contributed by atoms with Gasteiger partial charge in [0.1, 0.15) is 0 Å². The Morgan fingerprint density at radius 2 is 2.00 bits per heavy atom. The molecule has 4 unspecified atom stereocenters. The molecule has 2 aliphatic carbocycles. The molecule has 4 heteroatoms. The molecule has 116 valence electrons. The fraction of sp³-hybridized carbons (Fsp3) is 0.647. The number of fused-ring (bicyclic) bond motifs is 1. The number of ether oxygens (including phenoxy) is 1. The van der Waals surface area contributed by atoms with Crippen molar-refractivity contribution in [3.05, 3.63) is 24.3 Å². The summed E-state index contributed by atoms with van der Waals surface area (Å²) in [5.41, 5.74) is 0.345. The molecular formula is C17H23FO2Te. The van der Waals surface area contributed by atoms with Crippen molar-refractivity contribution in [2.45, 2.75) is 43.7 Å². The van der Waals surface area contributed by atoms with Gasteiger partial charge < -0.3 is 0 Å². The van der Waals surface area contributed by atoms with E-state index in [1.165, 1.54) is 6.42 Å². The summed E-state index contributed by atoms with van der Waals surface area (Å²) in [6.07, 6.45) is 3.65. The molecule has 2 bridgehead atoms. The van der Waals surface area contributed by atoms with E-state index in [4.69, 9.17) is 7.84 Å². The maximum atomic E-state index is 15.7. The predicted octanol–water partition coefficient (Wildman–Crippen LogP) is 3.54. The topological polar surface area (TPSA) is 18.5 Å². The Balaban J connectivity index is 1.69. The molecule has 3 fully saturated rings. The van der Waals surface area contributed by atoms with E-state index in [-0.39, 0.29) is 16.9 Å². The van der Waals surface area contributed by atoms with Crippen LogP contribution in [0.5, 0.6) is 5.75 Å². The van der Waals surface area contributed by atoms with Crippen LogP contribution < -0.4 is 8.35 Å². The first kappa shape index (κ1) is 14.3. The molecule has 0 radical (unpaired) electrons. The second-order valence-corrected chi connectivity index (χ2v) is 13.5. The molecule has 3 aliphatic rings. The number of rotatable bonds is 2. The van der Waals surface area contributed by atoms with E-state index in [9.17, 15) is 0 Å². The molecule has 1 aromatic carbocycles. The molecule has 1 aliphatic heterocycles. The van der Waals surface area contributed by atoms with Crippen LogP contribution in [0.25, 0.3) is 0 Å². The average Bonchev–Trinajstić information content (AvgIpc) is 2.99. The van der Waals surface area contributed by atoms with Crippen LogP contribution in [0.4, 0.5) is 2.89 Å². The van der Waals surface area contributed by atoms with Crippen LogP contribution in [0.15, 0.2) is 24.3 Å². The molecule has 1 spiro atoms. The number of halogens is 1. The third-order valence-corrected chi connectivity index (χ3v) is 13.3. The van der Waals surface area contributed by atoms with E-state index in [1.54, 1.807) is 7.11 Å². The van der Waals surface area contributed by atoms with Gasteiger partial charge in [-0.05, 0) is 0 Å². The average molecular weight is 406 g/mol. The summed E-state index contributed by atoms with van der Waals surface area (Å²) in [6, 6.07) is 7.49. The summed E-state index contributed by atoms with van der Waals surface area (Å²) in [5, 5.41) is 0. The Hall–Kier alpha value is -0.300. The molecule has 2 nitrogen and oxygen atoms in total. The Morgan fingerprint density at radius 1 is 1.29 bits per heavy atom. The summed E-state index contributed by atoms with van der Waals surface area (Å²) in [7, 11) is 1.64. The van der Waals surface area contributed by atoms with Crippen molar-refractivity contribution in [2.24, 2.45) is 16.7 Å². The molecule has 4 rings (SSSR count). The third kappa shape index (κ3) is 1.73. The summed E-state index contributed by atoms with van der Waals surface area (Å²) >= 11 is -3.92. The van der Waals surface area contributed by atoms with Gasteiger partial charge in [0.05, 0.1) is 0 Å². The first-order chi connectivity index (χ1) is 9.91. The van der Waals surface area contributed by atoms with Gasteiger partial charge in [0.15, 0.2) is 0 Å². The fourth-order valence-electron chi connectivity index (χ4n) is 4.94. The Bertz CT molecular complexity index is 573. The molecule has 0 amide bonds. The van der Waals surface area contributed by atoms with Gasteiger partial charge in [0, 0.05) is 0 Å². The molecule has 4 atom stereocenters. The Kier molecular flexibility index (Phi) is 2.98. The van der Waals surface area contributed by atoms with E-state index < -0.39 is 19.2 Å². The fourth-order valence-corrected chi connectivity index (χ4v) is 13.2. The van der Waals surface area contributed by atoms with Gasteiger partial charge in [0.2, 0.25) is 0 Å². The van der Waals surface area contributed by atoms with Crippen LogP contribution in [0.2, 0.25) is 4.47 Å². The molecule has 2 saturated carbocycles. The van der Waals surface area contributed by atoms with E-state index in [0.29, 0.717) is 4.47 Å². The van der Waals surface area contributed by atoms with Gasteiger partial charge in [0.25, 0.3) is 0 Å². The van der Waals surface area contributed by atoms with Crippen LogP contribution in [0.1, 0.15) is 33.1 Å². The van der Waals surface area contributed by atoms with Gasteiger partial charge in [-0.2, -0.15) is 0 Å². The Morgan fingerprint density at radius 3 is 2.57 bits per heavy atom. The number of benzene rings is 1. The summed E-state index contributed by atoms with van der Waals surface area (Å²) < 4.78 is 28.6. The maximum absolute atomic E-state index is 15.7. The predicted molar refractivity (Wildman–Crippen MR) is 82.7 cm³/mol. The van der Waals surface area contributed by atoms with Crippen LogP contribution in [0.3, 0.4) is 0 Å². The molecule has 1 heterocycles. The van der Waals surface area contributed by atoms with Crippen LogP contribution in [-0.4, -0.2) is 32.4 Å². The van der Waals surface area contributed by atoms with Crippen molar-refractivity contribution in [3.8, 4) is 5.75 Å². The summed E-state index contributed by atoms with van der Waals surface area (Å²) in [6.45, 7) is 4.69. The third-order valence-electron chi connectivity index (χ3n) is 6.48. The molecule has 21 heavy (non-hydrogen) atoms. The van der Waals surface area contributed by atoms with E-state index in [0.717, 1.165) is 28.1 Å². The molecule has 1 saturated heterocycles. The van der Waals surface area contributed by atoms with Crippen molar-refractivity contribution in [1.82, 2.24) is 0 Å². The van der Waals surface area contributed by atoms with Crippen molar-refractivity contribution in [3.63, 3.8) is 0 Å². The summed E-state index contributed by atoms with van der Waals surface area (Å²) in [5.74, 6) is 1.51. The van der Waals surface area contributed by atoms with Crippen molar-refractivity contribution in [1.29, 1.82) is 0 Å². The number of hydrogen-bond donors (Lipinski definition) is 0. The second kappa shape index (κ2) is 4.37. The minimum atomic E-state index is -3.92. The zero-order valence-corrected chi connectivity index (χ0v) is 15.2. The van der Waals surface area contributed by atoms with Gasteiger partial charge >= 0.3 is 131 Å². The zero-order valence-electron chi connectivity index (χ0n) is 12.9. The number of methoxy groups -OCH3 is 1. The van der Waals surface area contributed by atoms with Gasteiger partial charge in [-0.1, -0.05) is 0 Å².